The smallest absolute Gasteiger partial charge is 0.335 e. The Morgan fingerprint density at radius 1 is 1.56 bits per heavy atom. The van der Waals surface area contributed by atoms with Gasteiger partial charge in [0, 0.05) is 11.7 Å². The number of nitrogens with one attached hydrogen (secondary N) is 1. The number of carbonyl (C=O) groups is 1. The molecule has 1 aliphatic carbocycles. The first-order valence-electron chi connectivity index (χ1n) is 5.37. The SMILES string of the molecule is Cc1cc(C(=O)O)cc(NC2CC2(C)C)n1. The molecule has 1 heterocycles. The average molecular weight is 220 g/mol. The molecule has 1 fully saturated rings. The van der Waals surface area contributed by atoms with E-state index in [2.05, 4.69) is 24.1 Å². The first-order chi connectivity index (χ1) is 7.38. The van der Waals surface area contributed by atoms with Crippen LogP contribution in [0.25, 0.3) is 0 Å². The molecule has 0 spiro atoms. The topological polar surface area (TPSA) is 62.2 Å². The zero-order valence-corrected chi connectivity index (χ0v) is 9.74. The van der Waals surface area contributed by atoms with Gasteiger partial charge in [0.2, 0.25) is 0 Å². The van der Waals surface area contributed by atoms with Gasteiger partial charge in [0.1, 0.15) is 5.82 Å². The van der Waals surface area contributed by atoms with E-state index in [1.807, 2.05) is 0 Å². The van der Waals surface area contributed by atoms with Crippen molar-refractivity contribution in [3.8, 4) is 0 Å². The van der Waals surface area contributed by atoms with Gasteiger partial charge in [0.25, 0.3) is 0 Å². The van der Waals surface area contributed by atoms with Crippen LogP contribution in [0.5, 0.6) is 0 Å². The van der Waals surface area contributed by atoms with Gasteiger partial charge in [0.15, 0.2) is 0 Å². The molecule has 1 aromatic rings. The van der Waals surface area contributed by atoms with Crippen LogP contribution in [0.4, 0.5) is 5.82 Å². The van der Waals surface area contributed by atoms with Crippen molar-refractivity contribution in [3.05, 3.63) is 23.4 Å². The summed E-state index contributed by atoms with van der Waals surface area (Å²) in [6.07, 6.45) is 1.10. The molecule has 0 aliphatic heterocycles. The van der Waals surface area contributed by atoms with Crippen LogP contribution in [0.3, 0.4) is 0 Å². The van der Waals surface area contributed by atoms with Crippen LogP contribution in [0.2, 0.25) is 0 Å². The summed E-state index contributed by atoms with van der Waals surface area (Å²) in [6.45, 7) is 6.16. The molecule has 2 rings (SSSR count). The fourth-order valence-electron chi connectivity index (χ4n) is 1.76. The number of anilines is 1. The first-order valence-corrected chi connectivity index (χ1v) is 5.37. The average Bonchev–Trinajstić information content (AvgIpc) is 2.72. The number of hydrogen-bond donors (Lipinski definition) is 2. The second-order valence-electron chi connectivity index (χ2n) is 5.08. The molecule has 0 amide bonds. The number of carboxylic acid groups (broad SMARTS) is 1. The van der Waals surface area contributed by atoms with Gasteiger partial charge in [-0.05, 0) is 30.9 Å². The Bertz CT molecular complexity index is 441. The van der Waals surface area contributed by atoms with Gasteiger partial charge in [-0.2, -0.15) is 0 Å². The third-order valence-electron chi connectivity index (χ3n) is 3.04. The summed E-state index contributed by atoms with van der Waals surface area (Å²) < 4.78 is 0. The van der Waals surface area contributed by atoms with E-state index >= 15 is 0 Å². The number of nitrogens with zero attached hydrogens (tertiary/aromatic N) is 1. The van der Waals surface area contributed by atoms with Crippen LogP contribution in [0, 0.1) is 12.3 Å². The highest BCUT2D eigenvalue weighted by Crippen LogP contribution is 2.46. The van der Waals surface area contributed by atoms with Gasteiger partial charge in [0.05, 0.1) is 5.56 Å². The number of rotatable bonds is 3. The highest BCUT2D eigenvalue weighted by molar-refractivity contribution is 5.88. The molecule has 16 heavy (non-hydrogen) atoms. The summed E-state index contributed by atoms with van der Waals surface area (Å²) in [4.78, 5) is 15.2. The maximum atomic E-state index is 10.9. The van der Waals surface area contributed by atoms with E-state index < -0.39 is 5.97 Å². The van der Waals surface area contributed by atoms with E-state index in [0.717, 1.165) is 12.1 Å². The number of hydrogen-bond acceptors (Lipinski definition) is 3. The molecule has 0 radical (unpaired) electrons. The zero-order chi connectivity index (χ0) is 11.9. The van der Waals surface area contributed by atoms with Gasteiger partial charge in [-0.1, -0.05) is 13.8 Å². The largest absolute Gasteiger partial charge is 0.478 e. The Hall–Kier alpha value is -1.58. The molecular weight excluding hydrogens is 204 g/mol. The first kappa shape index (κ1) is 10.9. The zero-order valence-electron chi connectivity index (χ0n) is 9.74. The van der Waals surface area contributed by atoms with E-state index in [9.17, 15) is 4.79 Å². The summed E-state index contributed by atoms with van der Waals surface area (Å²) >= 11 is 0. The molecule has 1 saturated carbocycles. The molecule has 1 aromatic heterocycles. The summed E-state index contributed by atoms with van der Waals surface area (Å²) in [5.74, 6) is -0.253. The molecule has 2 N–H and O–H groups in total. The third kappa shape index (κ3) is 2.15. The lowest BCUT2D eigenvalue weighted by atomic mass is 10.2. The minimum atomic E-state index is -0.913. The highest BCUT2D eigenvalue weighted by atomic mass is 16.4. The van der Waals surface area contributed by atoms with Crippen LogP contribution in [0.1, 0.15) is 36.3 Å². The number of aromatic nitrogens is 1. The quantitative estimate of drug-likeness (QED) is 0.820. The Labute approximate surface area is 94.7 Å². The second-order valence-corrected chi connectivity index (χ2v) is 5.08. The molecule has 1 aliphatic rings. The second kappa shape index (κ2) is 3.47. The summed E-state index contributed by atoms with van der Waals surface area (Å²) in [5.41, 5.74) is 1.31. The fraction of sp³-hybridized carbons (Fsp3) is 0.500. The molecular formula is C12H16N2O2. The lowest BCUT2D eigenvalue weighted by molar-refractivity contribution is 0.0696. The van der Waals surface area contributed by atoms with E-state index in [-0.39, 0.29) is 5.56 Å². The summed E-state index contributed by atoms with van der Waals surface area (Å²) in [7, 11) is 0. The van der Waals surface area contributed by atoms with Crippen molar-refractivity contribution >= 4 is 11.8 Å². The fourth-order valence-corrected chi connectivity index (χ4v) is 1.76. The predicted octanol–water partition coefficient (Wildman–Crippen LogP) is 2.30. The van der Waals surface area contributed by atoms with Crippen molar-refractivity contribution < 1.29 is 9.90 Å². The van der Waals surface area contributed by atoms with Gasteiger partial charge in [-0.25, -0.2) is 9.78 Å². The summed E-state index contributed by atoms with van der Waals surface area (Å²) in [6, 6.07) is 3.57. The van der Waals surface area contributed by atoms with Crippen molar-refractivity contribution in [2.45, 2.75) is 33.2 Å². The monoisotopic (exact) mass is 220 g/mol. The maximum Gasteiger partial charge on any atom is 0.335 e. The molecule has 86 valence electrons. The molecule has 4 heteroatoms. The predicted molar refractivity (Wildman–Crippen MR) is 61.7 cm³/mol. The van der Waals surface area contributed by atoms with Crippen molar-refractivity contribution in [1.29, 1.82) is 0 Å². The number of aromatic carboxylic acids is 1. The number of aryl methyl sites for hydroxylation is 1. The van der Waals surface area contributed by atoms with E-state index in [1.54, 1.807) is 19.1 Å². The van der Waals surface area contributed by atoms with Gasteiger partial charge in [-0.3, -0.25) is 0 Å². The van der Waals surface area contributed by atoms with Crippen LogP contribution >= 0.6 is 0 Å². The third-order valence-corrected chi connectivity index (χ3v) is 3.04. The standard InChI is InChI=1S/C12H16N2O2/c1-7-4-8(11(15)16)5-10(13-7)14-9-6-12(9,2)3/h4-5,9H,6H2,1-3H3,(H,13,14)(H,15,16). The molecule has 4 nitrogen and oxygen atoms in total. The van der Waals surface area contributed by atoms with Crippen LogP contribution in [-0.4, -0.2) is 22.1 Å². The van der Waals surface area contributed by atoms with Gasteiger partial charge >= 0.3 is 5.97 Å². The number of carboxylic acids is 1. The van der Waals surface area contributed by atoms with E-state index in [0.29, 0.717) is 17.3 Å². The van der Waals surface area contributed by atoms with Crippen LogP contribution < -0.4 is 5.32 Å². The van der Waals surface area contributed by atoms with E-state index in [4.69, 9.17) is 5.11 Å². The lowest BCUT2D eigenvalue weighted by Crippen LogP contribution is -2.11. The Kier molecular flexibility index (Phi) is 2.37. The van der Waals surface area contributed by atoms with Gasteiger partial charge < -0.3 is 10.4 Å². The van der Waals surface area contributed by atoms with Gasteiger partial charge in [-0.15, -0.1) is 0 Å². The minimum Gasteiger partial charge on any atom is -0.478 e. The molecule has 1 atom stereocenters. The number of pyridine rings is 1. The summed E-state index contributed by atoms with van der Waals surface area (Å²) in [5, 5.41) is 12.2. The molecule has 0 aromatic carbocycles. The van der Waals surface area contributed by atoms with Crippen molar-refractivity contribution in [2.75, 3.05) is 5.32 Å². The Morgan fingerprint density at radius 3 is 2.69 bits per heavy atom. The maximum absolute atomic E-state index is 10.9. The van der Waals surface area contributed by atoms with E-state index in [1.165, 1.54) is 0 Å². The highest BCUT2D eigenvalue weighted by Gasteiger charge is 2.45. The van der Waals surface area contributed by atoms with Crippen molar-refractivity contribution in [1.82, 2.24) is 4.98 Å². The minimum absolute atomic E-state index is 0.286. The Morgan fingerprint density at radius 2 is 2.19 bits per heavy atom. The Balaban J connectivity index is 2.18. The molecule has 1 unspecified atom stereocenters. The molecule has 0 saturated heterocycles. The van der Waals surface area contributed by atoms with Crippen LogP contribution in [-0.2, 0) is 0 Å². The molecule has 0 bridgehead atoms. The lowest BCUT2D eigenvalue weighted by Gasteiger charge is -2.09. The van der Waals surface area contributed by atoms with Crippen molar-refractivity contribution in [3.63, 3.8) is 0 Å². The normalized spacial score (nSPS) is 21.6. The van der Waals surface area contributed by atoms with Crippen LogP contribution in [0.15, 0.2) is 12.1 Å². The van der Waals surface area contributed by atoms with Crippen molar-refractivity contribution in [2.24, 2.45) is 5.41 Å².